The zero-order chi connectivity index (χ0) is 13.1. The van der Waals surface area contributed by atoms with E-state index in [1.165, 1.54) is 6.07 Å². The molecule has 0 fully saturated rings. The van der Waals surface area contributed by atoms with Gasteiger partial charge in [0.05, 0.1) is 0 Å². The van der Waals surface area contributed by atoms with Gasteiger partial charge in [0, 0.05) is 45.8 Å². The molecule has 1 atom stereocenters. The number of nitrogen functional groups attached to an aromatic ring is 1. The van der Waals surface area contributed by atoms with E-state index in [0.29, 0.717) is 24.4 Å². The molecule has 1 heterocycles. The van der Waals surface area contributed by atoms with E-state index in [4.69, 9.17) is 5.73 Å². The van der Waals surface area contributed by atoms with Crippen molar-refractivity contribution in [3.63, 3.8) is 0 Å². The van der Waals surface area contributed by atoms with Gasteiger partial charge in [-0.3, -0.25) is 9.00 Å². The lowest BCUT2D eigenvalue weighted by atomic mass is 10.3. The van der Waals surface area contributed by atoms with Crippen molar-refractivity contribution in [2.75, 3.05) is 11.5 Å². The van der Waals surface area contributed by atoms with Gasteiger partial charge in [-0.1, -0.05) is 0 Å². The first-order chi connectivity index (χ1) is 7.80. The maximum Gasteiger partial charge on any atom is 0.250 e. The number of aryl methyl sites for hydroxylation is 1. The first-order valence-electron chi connectivity index (χ1n) is 5.65. The number of nitrogens with two attached hydrogens (primary N) is 1. The summed E-state index contributed by atoms with van der Waals surface area (Å²) in [4.78, 5) is 11.5. The fraction of sp³-hybridized carbons (Fsp3) is 0.583. The fourth-order valence-corrected chi connectivity index (χ4v) is 2.40. The summed E-state index contributed by atoms with van der Waals surface area (Å²) < 4.78 is 13.2. The van der Waals surface area contributed by atoms with E-state index < -0.39 is 10.8 Å². The van der Waals surface area contributed by atoms with Crippen LogP contribution in [-0.4, -0.2) is 19.3 Å². The van der Waals surface area contributed by atoms with E-state index in [1.807, 2.05) is 20.8 Å². The van der Waals surface area contributed by atoms with Crippen LogP contribution in [0.3, 0.4) is 0 Å². The molecule has 5 heteroatoms. The largest absolute Gasteiger partial charge is 0.398 e. The van der Waals surface area contributed by atoms with Crippen LogP contribution in [-0.2, 0) is 17.3 Å². The molecule has 1 unspecified atom stereocenters. The SMILES string of the molecule is CC(C)(C)S(=O)CCCn1cc(N)ccc1=O. The van der Waals surface area contributed by atoms with Crippen molar-refractivity contribution in [3.8, 4) is 0 Å². The smallest absolute Gasteiger partial charge is 0.250 e. The Balaban J connectivity index is 2.55. The molecule has 0 amide bonds. The van der Waals surface area contributed by atoms with Crippen molar-refractivity contribution >= 4 is 16.5 Å². The summed E-state index contributed by atoms with van der Waals surface area (Å²) in [7, 11) is -0.870. The molecule has 1 rings (SSSR count). The summed E-state index contributed by atoms with van der Waals surface area (Å²) in [5.41, 5.74) is 6.11. The normalized spacial score (nSPS) is 13.6. The maximum atomic E-state index is 11.8. The zero-order valence-electron chi connectivity index (χ0n) is 10.6. The predicted octanol–water partition coefficient (Wildman–Crippen LogP) is 1.37. The number of pyridine rings is 1. The second kappa shape index (κ2) is 5.49. The maximum absolute atomic E-state index is 11.8. The van der Waals surface area contributed by atoms with Crippen LogP contribution in [0.15, 0.2) is 23.1 Å². The molecule has 96 valence electrons. The number of aromatic nitrogens is 1. The van der Waals surface area contributed by atoms with Gasteiger partial charge < -0.3 is 10.3 Å². The minimum Gasteiger partial charge on any atom is -0.398 e. The molecule has 0 saturated carbocycles. The molecule has 0 bridgehead atoms. The van der Waals surface area contributed by atoms with Crippen LogP contribution < -0.4 is 11.3 Å². The number of rotatable bonds is 4. The first kappa shape index (κ1) is 14.0. The average Bonchev–Trinajstić information content (AvgIpc) is 2.21. The van der Waals surface area contributed by atoms with E-state index in [1.54, 1.807) is 16.8 Å². The molecule has 0 saturated heterocycles. The highest BCUT2D eigenvalue weighted by molar-refractivity contribution is 7.86. The molecule has 17 heavy (non-hydrogen) atoms. The molecular weight excluding hydrogens is 236 g/mol. The Labute approximate surface area is 104 Å². The predicted molar refractivity (Wildman–Crippen MR) is 72.5 cm³/mol. The standard InChI is InChI=1S/C12H20N2O2S/c1-12(2,3)17(16)8-4-7-14-9-10(13)5-6-11(14)15/h5-6,9H,4,7-8,13H2,1-3H3. The zero-order valence-corrected chi connectivity index (χ0v) is 11.4. The Morgan fingerprint density at radius 2 is 2.00 bits per heavy atom. The Morgan fingerprint density at radius 3 is 2.59 bits per heavy atom. The van der Waals surface area contributed by atoms with Crippen LogP contribution in [0.2, 0.25) is 0 Å². The third kappa shape index (κ3) is 4.34. The van der Waals surface area contributed by atoms with Crippen LogP contribution in [0.4, 0.5) is 5.69 Å². The molecule has 0 aliphatic heterocycles. The van der Waals surface area contributed by atoms with Gasteiger partial charge in [-0.15, -0.1) is 0 Å². The van der Waals surface area contributed by atoms with Crippen LogP contribution in [0.5, 0.6) is 0 Å². The topological polar surface area (TPSA) is 65.1 Å². The molecule has 1 aromatic heterocycles. The average molecular weight is 256 g/mol. The van der Waals surface area contributed by atoms with Crippen LogP contribution in [0.25, 0.3) is 0 Å². The molecule has 2 N–H and O–H groups in total. The van der Waals surface area contributed by atoms with Gasteiger partial charge in [0.15, 0.2) is 0 Å². The second-order valence-electron chi connectivity index (χ2n) is 5.01. The summed E-state index contributed by atoms with van der Waals surface area (Å²) >= 11 is 0. The Morgan fingerprint density at radius 1 is 1.35 bits per heavy atom. The monoisotopic (exact) mass is 256 g/mol. The Hall–Kier alpha value is -1.10. The van der Waals surface area contributed by atoms with Crippen molar-refractivity contribution < 1.29 is 4.21 Å². The second-order valence-corrected chi connectivity index (χ2v) is 7.33. The molecule has 0 radical (unpaired) electrons. The highest BCUT2D eigenvalue weighted by atomic mass is 32.2. The van der Waals surface area contributed by atoms with Crippen molar-refractivity contribution in [1.82, 2.24) is 4.57 Å². The van der Waals surface area contributed by atoms with Crippen LogP contribution >= 0.6 is 0 Å². The van der Waals surface area contributed by atoms with Crippen molar-refractivity contribution in [3.05, 3.63) is 28.7 Å². The van der Waals surface area contributed by atoms with Gasteiger partial charge in [0.2, 0.25) is 0 Å². The minimum absolute atomic E-state index is 0.0688. The Bertz CT molecular complexity index is 460. The first-order valence-corrected chi connectivity index (χ1v) is 6.97. The summed E-state index contributed by atoms with van der Waals surface area (Å²) in [5, 5.41) is 0. The van der Waals surface area contributed by atoms with Gasteiger partial charge in [-0.2, -0.15) is 0 Å². The van der Waals surface area contributed by atoms with Crippen molar-refractivity contribution in [2.45, 2.75) is 38.5 Å². The third-order valence-electron chi connectivity index (χ3n) is 2.42. The third-order valence-corrected chi connectivity index (χ3v) is 4.44. The number of hydrogen-bond acceptors (Lipinski definition) is 3. The molecule has 0 aromatic carbocycles. The van der Waals surface area contributed by atoms with E-state index in [2.05, 4.69) is 0 Å². The lowest BCUT2D eigenvalue weighted by molar-refractivity contribution is 0.625. The molecule has 0 aliphatic carbocycles. The molecule has 4 nitrogen and oxygen atoms in total. The quantitative estimate of drug-likeness (QED) is 0.884. The lowest BCUT2D eigenvalue weighted by Crippen LogP contribution is -2.26. The Kier molecular flexibility index (Phi) is 4.51. The number of anilines is 1. The summed E-state index contributed by atoms with van der Waals surface area (Å²) in [6.07, 6.45) is 2.34. The van der Waals surface area contributed by atoms with Gasteiger partial charge >= 0.3 is 0 Å². The molecular formula is C12H20N2O2S. The summed E-state index contributed by atoms with van der Waals surface area (Å²) in [6, 6.07) is 3.04. The lowest BCUT2D eigenvalue weighted by Gasteiger charge is -2.17. The molecule has 0 aliphatic rings. The summed E-state index contributed by atoms with van der Waals surface area (Å²) in [5.74, 6) is 0.602. The molecule has 0 spiro atoms. The highest BCUT2D eigenvalue weighted by Gasteiger charge is 2.18. The summed E-state index contributed by atoms with van der Waals surface area (Å²) in [6.45, 7) is 6.42. The van der Waals surface area contributed by atoms with Gasteiger partial charge in [-0.05, 0) is 33.3 Å². The van der Waals surface area contributed by atoms with E-state index in [9.17, 15) is 9.00 Å². The fourth-order valence-electron chi connectivity index (χ4n) is 1.40. The van der Waals surface area contributed by atoms with Gasteiger partial charge in [-0.25, -0.2) is 0 Å². The number of nitrogens with zero attached hydrogens (tertiary/aromatic N) is 1. The van der Waals surface area contributed by atoms with E-state index >= 15 is 0 Å². The number of hydrogen-bond donors (Lipinski definition) is 1. The van der Waals surface area contributed by atoms with Crippen molar-refractivity contribution in [1.29, 1.82) is 0 Å². The highest BCUT2D eigenvalue weighted by Crippen LogP contribution is 2.12. The minimum atomic E-state index is -0.870. The van der Waals surface area contributed by atoms with Gasteiger partial charge in [0.25, 0.3) is 5.56 Å². The van der Waals surface area contributed by atoms with Gasteiger partial charge in [0.1, 0.15) is 0 Å². The van der Waals surface area contributed by atoms with Crippen LogP contribution in [0, 0.1) is 0 Å². The van der Waals surface area contributed by atoms with E-state index in [-0.39, 0.29) is 10.3 Å². The molecule has 1 aromatic rings. The van der Waals surface area contributed by atoms with Crippen LogP contribution in [0.1, 0.15) is 27.2 Å². The van der Waals surface area contributed by atoms with E-state index in [0.717, 1.165) is 0 Å². The van der Waals surface area contributed by atoms with Crippen molar-refractivity contribution in [2.24, 2.45) is 0 Å².